The van der Waals surface area contributed by atoms with Crippen LogP contribution in [0, 0.1) is 21.4 Å². The summed E-state index contributed by atoms with van der Waals surface area (Å²) in [6, 6.07) is 4.50. The van der Waals surface area contributed by atoms with Gasteiger partial charge in [-0.2, -0.15) is 5.26 Å². The number of pyridine rings is 1. The molecule has 0 amide bonds. The van der Waals surface area contributed by atoms with E-state index in [1.54, 1.807) is 6.07 Å². The van der Waals surface area contributed by atoms with Crippen molar-refractivity contribution < 1.29 is 9.66 Å². The summed E-state index contributed by atoms with van der Waals surface area (Å²) in [6.07, 6.45) is 2.30. The van der Waals surface area contributed by atoms with Gasteiger partial charge in [-0.1, -0.05) is 0 Å². The molecule has 1 aromatic rings. The van der Waals surface area contributed by atoms with Crippen LogP contribution >= 0.6 is 0 Å². The lowest BCUT2D eigenvalue weighted by atomic mass is 10.1. The lowest BCUT2D eigenvalue weighted by molar-refractivity contribution is -0.385. The van der Waals surface area contributed by atoms with Crippen LogP contribution in [-0.4, -0.2) is 42.3 Å². The van der Waals surface area contributed by atoms with Crippen LogP contribution < -0.4 is 10.6 Å². The minimum atomic E-state index is -0.616. The van der Waals surface area contributed by atoms with E-state index in [4.69, 9.17) is 10.00 Å². The van der Waals surface area contributed by atoms with E-state index < -0.39 is 4.92 Å². The fraction of sp³-hybridized carbons (Fsp3) is 0.538. The highest BCUT2D eigenvalue weighted by Gasteiger charge is 2.15. The van der Waals surface area contributed by atoms with Gasteiger partial charge < -0.3 is 15.4 Å². The molecule has 0 radical (unpaired) electrons. The molecule has 0 spiro atoms. The average Bonchev–Trinajstić information content (AvgIpc) is 2.52. The summed E-state index contributed by atoms with van der Waals surface area (Å²) < 4.78 is 5.72. The van der Waals surface area contributed by atoms with E-state index in [0.717, 1.165) is 25.9 Å². The Kier molecular flexibility index (Phi) is 5.43. The summed E-state index contributed by atoms with van der Waals surface area (Å²) in [6.45, 7) is 3.03. The fourth-order valence-corrected chi connectivity index (χ4v) is 2.15. The molecule has 2 N–H and O–H groups in total. The van der Waals surface area contributed by atoms with Gasteiger partial charge in [0.25, 0.3) is 0 Å². The van der Waals surface area contributed by atoms with Crippen LogP contribution in [0.4, 0.5) is 11.5 Å². The largest absolute Gasteiger partial charge is 0.376 e. The molecule has 1 saturated heterocycles. The molecule has 0 atom stereocenters. The second-order valence-corrected chi connectivity index (χ2v) is 4.68. The number of hydrogen-bond donors (Lipinski definition) is 2. The number of nitrogens with one attached hydrogen (secondary N) is 2. The van der Waals surface area contributed by atoms with Crippen molar-refractivity contribution in [2.24, 2.45) is 0 Å². The number of piperidine rings is 1. The van der Waals surface area contributed by atoms with Crippen molar-refractivity contribution in [1.29, 1.82) is 5.26 Å². The Balaban J connectivity index is 1.80. The van der Waals surface area contributed by atoms with Gasteiger partial charge in [-0.3, -0.25) is 10.1 Å². The molecule has 8 heteroatoms. The van der Waals surface area contributed by atoms with Gasteiger partial charge >= 0.3 is 5.69 Å². The summed E-state index contributed by atoms with van der Waals surface area (Å²) in [5.74, 6) is 0.436. The quantitative estimate of drug-likeness (QED) is 0.457. The van der Waals surface area contributed by atoms with Crippen molar-refractivity contribution in [3.05, 3.63) is 27.9 Å². The van der Waals surface area contributed by atoms with E-state index in [1.165, 1.54) is 12.1 Å². The first-order chi connectivity index (χ1) is 10.2. The van der Waals surface area contributed by atoms with E-state index in [2.05, 4.69) is 15.6 Å². The van der Waals surface area contributed by atoms with Crippen LogP contribution in [0.15, 0.2) is 12.1 Å². The Morgan fingerprint density at radius 1 is 1.52 bits per heavy atom. The van der Waals surface area contributed by atoms with Gasteiger partial charge in [0.1, 0.15) is 11.9 Å². The average molecular weight is 291 g/mol. The highest BCUT2D eigenvalue weighted by atomic mass is 16.6. The molecule has 2 heterocycles. The molecule has 21 heavy (non-hydrogen) atoms. The zero-order valence-electron chi connectivity index (χ0n) is 11.5. The lowest BCUT2D eigenvalue weighted by Gasteiger charge is -2.23. The summed E-state index contributed by atoms with van der Waals surface area (Å²) >= 11 is 0. The number of nitriles is 1. The van der Waals surface area contributed by atoms with Gasteiger partial charge in [0.2, 0.25) is 5.69 Å². The molecule has 2 rings (SSSR count). The number of anilines is 1. The number of hydrogen-bond acceptors (Lipinski definition) is 7. The third-order valence-corrected chi connectivity index (χ3v) is 3.22. The fourth-order valence-electron chi connectivity index (χ4n) is 2.15. The van der Waals surface area contributed by atoms with Gasteiger partial charge in [-0.05, 0) is 32.0 Å². The normalized spacial score (nSPS) is 15.4. The molecule has 0 unspecified atom stereocenters. The molecule has 0 bridgehead atoms. The number of aromatic nitrogens is 1. The van der Waals surface area contributed by atoms with Gasteiger partial charge in [-0.25, -0.2) is 4.98 Å². The summed E-state index contributed by atoms with van der Waals surface area (Å²) in [5.41, 5.74) is -0.474. The first-order valence-corrected chi connectivity index (χ1v) is 6.82. The van der Waals surface area contributed by atoms with Gasteiger partial charge in [0.15, 0.2) is 0 Å². The number of nitro groups is 1. The Morgan fingerprint density at radius 3 is 2.95 bits per heavy atom. The number of ether oxygens (including phenoxy) is 1. The summed E-state index contributed by atoms with van der Waals surface area (Å²) in [4.78, 5) is 14.0. The number of rotatable bonds is 6. The highest BCUT2D eigenvalue weighted by molar-refractivity contribution is 5.50. The zero-order chi connectivity index (χ0) is 15.1. The minimum Gasteiger partial charge on any atom is -0.376 e. The van der Waals surface area contributed by atoms with Crippen LogP contribution in [0.1, 0.15) is 18.5 Å². The van der Waals surface area contributed by atoms with E-state index >= 15 is 0 Å². The lowest BCUT2D eigenvalue weighted by Crippen LogP contribution is -2.33. The van der Waals surface area contributed by atoms with Crippen LogP contribution in [0.2, 0.25) is 0 Å². The Labute approximate surface area is 122 Å². The summed E-state index contributed by atoms with van der Waals surface area (Å²) in [7, 11) is 0. The van der Waals surface area contributed by atoms with E-state index in [9.17, 15) is 10.1 Å². The minimum absolute atomic E-state index is 0.190. The molecule has 0 saturated carbocycles. The standard InChI is InChI=1S/C13H17N5O3/c14-9-11-12(18(19)20)1-2-13(17-11)16-7-8-21-10-3-5-15-6-4-10/h1-2,10,15H,3-8H2,(H,16,17). The molecule has 1 aliphatic heterocycles. The maximum Gasteiger partial charge on any atom is 0.305 e. The Morgan fingerprint density at radius 2 is 2.29 bits per heavy atom. The Bertz CT molecular complexity index is 537. The second-order valence-electron chi connectivity index (χ2n) is 4.68. The topological polar surface area (TPSA) is 113 Å². The molecule has 1 fully saturated rings. The first kappa shape index (κ1) is 15.2. The van der Waals surface area contributed by atoms with Crippen molar-refractivity contribution in [3.63, 3.8) is 0 Å². The SMILES string of the molecule is N#Cc1nc(NCCOC2CCNCC2)ccc1[N+](=O)[O-]. The highest BCUT2D eigenvalue weighted by Crippen LogP contribution is 2.17. The van der Waals surface area contributed by atoms with E-state index in [1.807, 2.05) is 0 Å². The maximum atomic E-state index is 10.7. The van der Waals surface area contributed by atoms with Gasteiger partial charge in [0.05, 0.1) is 17.6 Å². The third kappa shape index (κ3) is 4.37. The molecule has 1 aromatic heterocycles. The van der Waals surface area contributed by atoms with Gasteiger partial charge in [-0.15, -0.1) is 0 Å². The van der Waals surface area contributed by atoms with Crippen molar-refractivity contribution in [1.82, 2.24) is 10.3 Å². The molecular weight excluding hydrogens is 274 g/mol. The van der Waals surface area contributed by atoms with Crippen molar-refractivity contribution in [2.75, 3.05) is 31.6 Å². The monoisotopic (exact) mass is 291 g/mol. The van der Waals surface area contributed by atoms with Crippen molar-refractivity contribution in [3.8, 4) is 6.07 Å². The zero-order valence-corrected chi connectivity index (χ0v) is 11.5. The third-order valence-electron chi connectivity index (χ3n) is 3.22. The molecule has 8 nitrogen and oxygen atoms in total. The molecule has 0 aromatic carbocycles. The smallest absolute Gasteiger partial charge is 0.305 e. The van der Waals surface area contributed by atoms with E-state index in [-0.39, 0.29) is 17.5 Å². The van der Waals surface area contributed by atoms with Crippen LogP contribution in [0.25, 0.3) is 0 Å². The molecule has 0 aliphatic carbocycles. The number of nitrogens with zero attached hydrogens (tertiary/aromatic N) is 3. The van der Waals surface area contributed by atoms with Crippen LogP contribution in [0.5, 0.6) is 0 Å². The second kappa shape index (κ2) is 7.52. The molecule has 112 valence electrons. The Hall–Kier alpha value is -2.24. The molecule has 1 aliphatic rings. The van der Waals surface area contributed by atoms with Crippen LogP contribution in [0.3, 0.4) is 0 Å². The van der Waals surface area contributed by atoms with Gasteiger partial charge in [0, 0.05) is 12.6 Å². The van der Waals surface area contributed by atoms with E-state index in [0.29, 0.717) is 19.0 Å². The van der Waals surface area contributed by atoms with Crippen LogP contribution in [-0.2, 0) is 4.74 Å². The predicted octanol–water partition coefficient (Wildman–Crippen LogP) is 1.04. The molecular formula is C13H17N5O3. The maximum absolute atomic E-state index is 10.7. The first-order valence-electron chi connectivity index (χ1n) is 6.82. The van der Waals surface area contributed by atoms with Crippen molar-refractivity contribution >= 4 is 11.5 Å². The van der Waals surface area contributed by atoms with Crippen molar-refractivity contribution in [2.45, 2.75) is 18.9 Å². The predicted molar refractivity (Wildman–Crippen MR) is 75.9 cm³/mol. The summed E-state index contributed by atoms with van der Waals surface area (Å²) in [5, 5.41) is 25.8.